The lowest BCUT2D eigenvalue weighted by molar-refractivity contribution is 0.753. The summed E-state index contributed by atoms with van der Waals surface area (Å²) in [6.07, 6.45) is 0. The van der Waals surface area contributed by atoms with Crippen LogP contribution in [0.25, 0.3) is 67.3 Å². The van der Waals surface area contributed by atoms with Gasteiger partial charge in [0.05, 0.1) is 28.2 Å². The molecule has 0 unspecified atom stereocenters. The Bertz CT molecular complexity index is 3200. The summed E-state index contributed by atoms with van der Waals surface area (Å²) >= 11 is 0. The molecule has 290 valence electrons. The average molecular weight is 790 g/mol. The van der Waals surface area contributed by atoms with Gasteiger partial charge in [0.25, 0.3) is 0 Å². The first-order valence-electron chi connectivity index (χ1n) is 21.2. The first-order chi connectivity index (χ1) is 30.7. The van der Waals surface area contributed by atoms with Crippen molar-refractivity contribution >= 4 is 17.1 Å². The van der Waals surface area contributed by atoms with Crippen molar-refractivity contribution in [2.45, 2.75) is 5.41 Å². The van der Waals surface area contributed by atoms with Crippen LogP contribution in [0.1, 0.15) is 22.3 Å². The summed E-state index contributed by atoms with van der Waals surface area (Å²) in [5, 5.41) is 0. The molecule has 1 aliphatic heterocycles. The van der Waals surface area contributed by atoms with Crippen LogP contribution in [0.3, 0.4) is 0 Å². The molecule has 9 aromatic carbocycles. The molecule has 0 radical (unpaired) electrons. The lowest BCUT2D eigenvalue weighted by Crippen LogP contribution is -2.36. The number of aromatic nitrogens is 2. The van der Waals surface area contributed by atoms with Crippen LogP contribution >= 0.6 is 0 Å². The molecular formula is C59H39N3. The van der Waals surface area contributed by atoms with Gasteiger partial charge in [0.2, 0.25) is 0 Å². The number of para-hydroxylation sites is 3. The molecule has 0 fully saturated rings. The van der Waals surface area contributed by atoms with Gasteiger partial charge in [-0.25, -0.2) is 9.97 Å². The van der Waals surface area contributed by atoms with E-state index in [2.05, 4.69) is 229 Å². The summed E-state index contributed by atoms with van der Waals surface area (Å²) in [6, 6.07) is 85.2. The Hall–Kier alpha value is -8.14. The van der Waals surface area contributed by atoms with Crippen LogP contribution < -0.4 is 4.90 Å². The topological polar surface area (TPSA) is 29.0 Å². The van der Waals surface area contributed by atoms with Crippen molar-refractivity contribution in [2.24, 2.45) is 0 Å². The third-order valence-electron chi connectivity index (χ3n) is 12.7. The number of nitrogens with zero attached hydrogens (tertiary/aromatic N) is 3. The zero-order valence-corrected chi connectivity index (χ0v) is 33.9. The summed E-state index contributed by atoms with van der Waals surface area (Å²) in [4.78, 5) is 12.7. The molecule has 1 aromatic heterocycles. The molecule has 3 heteroatoms. The van der Waals surface area contributed by atoms with Gasteiger partial charge < -0.3 is 4.90 Å². The number of rotatable bonds is 6. The van der Waals surface area contributed by atoms with Crippen molar-refractivity contribution in [3.63, 3.8) is 0 Å². The van der Waals surface area contributed by atoms with E-state index in [0.717, 1.165) is 44.9 Å². The van der Waals surface area contributed by atoms with Crippen molar-refractivity contribution in [2.75, 3.05) is 4.90 Å². The zero-order valence-electron chi connectivity index (χ0n) is 33.9. The van der Waals surface area contributed by atoms with E-state index >= 15 is 0 Å². The lowest BCUT2D eigenvalue weighted by atomic mass is 9.64. The molecule has 2 heterocycles. The van der Waals surface area contributed by atoms with Crippen LogP contribution in [0.4, 0.5) is 17.1 Å². The monoisotopic (exact) mass is 789 g/mol. The van der Waals surface area contributed by atoms with E-state index in [-0.39, 0.29) is 0 Å². The zero-order chi connectivity index (χ0) is 41.0. The Balaban J connectivity index is 0.965. The van der Waals surface area contributed by atoms with Gasteiger partial charge in [-0.3, -0.25) is 0 Å². The largest absolute Gasteiger partial charge is 0.310 e. The van der Waals surface area contributed by atoms with Gasteiger partial charge in [0.15, 0.2) is 5.82 Å². The molecule has 12 rings (SSSR count). The number of hydrogen-bond donors (Lipinski definition) is 0. The molecule has 2 aliphatic rings. The molecular weight excluding hydrogens is 751 g/mol. The quantitative estimate of drug-likeness (QED) is 0.168. The van der Waals surface area contributed by atoms with E-state index in [1.54, 1.807) is 0 Å². The van der Waals surface area contributed by atoms with Crippen molar-refractivity contribution in [1.82, 2.24) is 9.97 Å². The van der Waals surface area contributed by atoms with Crippen LogP contribution in [0.5, 0.6) is 0 Å². The third kappa shape index (κ3) is 5.67. The summed E-state index contributed by atoms with van der Waals surface area (Å²) < 4.78 is 0. The van der Waals surface area contributed by atoms with Crippen LogP contribution in [0, 0.1) is 0 Å². The highest BCUT2D eigenvalue weighted by molar-refractivity contribution is 5.97. The first kappa shape index (κ1) is 35.8. The maximum absolute atomic E-state index is 5.12. The van der Waals surface area contributed by atoms with Crippen molar-refractivity contribution in [1.29, 1.82) is 0 Å². The average Bonchev–Trinajstić information content (AvgIpc) is 3.65. The molecule has 10 aromatic rings. The Morgan fingerprint density at radius 1 is 0.290 bits per heavy atom. The molecule has 0 saturated heterocycles. The minimum atomic E-state index is -0.481. The fraction of sp³-hybridized carbons (Fsp3) is 0.0169. The summed E-state index contributed by atoms with van der Waals surface area (Å²) in [5.41, 5.74) is 20.3. The van der Waals surface area contributed by atoms with Gasteiger partial charge >= 0.3 is 0 Å². The van der Waals surface area contributed by atoms with E-state index in [1.165, 1.54) is 55.9 Å². The second kappa shape index (κ2) is 14.5. The smallest absolute Gasteiger partial charge is 0.160 e. The van der Waals surface area contributed by atoms with Crippen molar-refractivity contribution in [3.05, 3.63) is 259 Å². The molecule has 0 bridgehead atoms. The SMILES string of the molecule is c1ccc(-c2cc(-c3ccccc3)nc(-c3cccc(-c4cccc(-c5ccc6c(c5)-c5ccccc5C65c6ccccc6N(c6ccccc6)c6ccccc65)c4)c3)n2)cc1. The normalized spacial score (nSPS) is 12.9. The van der Waals surface area contributed by atoms with E-state index in [9.17, 15) is 0 Å². The maximum Gasteiger partial charge on any atom is 0.160 e. The Labute approximate surface area is 361 Å². The molecule has 0 saturated carbocycles. The third-order valence-corrected chi connectivity index (χ3v) is 12.7. The predicted octanol–water partition coefficient (Wildman–Crippen LogP) is 15.0. The number of anilines is 3. The fourth-order valence-electron chi connectivity index (χ4n) is 9.95. The van der Waals surface area contributed by atoms with Crippen LogP contribution in [-0.4, -0.2) is 9.97 Å². The highest BCUT2D eigenvalue weighted by Crippen LogP contribution is 2.63. The van der Waals surface area contributed by atoms with Crippen molar-refractivity contribution in [3.8, 4) is 67.3 Å². The predicted molar refractivity (Wildman–Crippen MR) is 255 cm³/mol. The van der Waals surface area contributed by atoms with Crippen LogP contribution in [0.15, 0.2) is 237 Å². The standard InChI is InChI=1S/C59H39N3/c1-4-18-40(19-5-1)54-39-55(41-20-6-2-7-21-41)61-58(60-54)46-25-17-24-44(37-46)42-22-16-23-43(36-42)45-34-35-51-49(38-45)48-28-10-11-29-50(48)59(51)52-30-12-14-32-56(52)62(47-26-8-3-9-27-47)57-33-15-13-31-53(57)59/h1-39H. The second-order valence-electron chi connectivity index (χ2n) is 16.1. The highest BCUT2D eigenvalue weighted by atomic mass is 15.2. The van der Waals surface area contributed by atoms with Gasteiger partial charge in [-0.1, -0.05) is 188 Å². The van der Waals surface area contributed by atoms with Crippen LogP contribution in [0.2, 0.25) is 0 Å². The van der Waals surface area contributed by atoms with Gasteiger partial charge in [0.1, 0.15) is 0 Å². The minimum Gasteiger partial charge on any atom is -0.310 e. The highest BCUT2D eigenvalue weighted by Gasteiger charge is 2.51. The number of fused-ring (bicyclic) bond motifs is 9. The Morgan fingerprint density at radius 3 is 1.32 bits per heavy atom. The lowest BCUT2D eigenvalue weighted by Gasteiger charge is -2.45. The van der Waals surface area contributed by atoms with E-state index in [4.69, 9.17) is 9.97 Å². The molecule has 0 atom stereocenters. The molecule has 0 amide bonds. The van der Waals surface area contributed by atoms with Gasteiger partial charge in [-0.15, -0.1) is 0 Å². The van der Waals surface area contributed by atoms with Gasteiger partial charge in [-0.2, -0.15) is 0 Å². The van der Waals surface area contributed by atoms with E-state index in [0.29, 0.717) is 5.82 Å². The molecule has 3 nitrogen and oxygen atoms in total. The summed E-state index contributed by atoms with van der Waals surface area (Å²) in [6.45, 7) is 0. The van der Waals surface area contributed by atoms with E-state index < -0.39 is 5.41 Å². The maximum atomic E-state index is 5.12. The summed E-state index contributed by atoms with van der Waals surface area (Å²) in [5.74, 6) is 0.701. The first-order valence-corrected chi connectivity index (χ1v) is 21.2. The van der Waals surface area contributed by atoms with Crippen LogP contribution in [-0.2, 0) is 5.41 Å². The molecule has 0 N–H and O–H groups in total. The Kier molecular flexibility index (Phi) is 8.39. The number of hydrogen-bond acceptors (Lipinski definition) is 3. The molecule has 62 heavy (non-hydrogen) atoms. The van der Waals surface area contributed by atoms with Crippen molar-refractivity contribution < 1.29 is 0 Å². The minimum absolute atomic E-state index is 0.481. The molecule has 1 spiro atoms. The van der Waals surface area contributed by atoms with Gasteiger partial charge in [0, 0.05) is 22.4 Å². The van der Waals surface area contributed by atoms with Gasteiger partial charge in [-0.05, 0) is 104 Å². The molecule has 1 aliphatic carbocycles. The second-order valence-corrected chi connectivity index (χ2v) is 16.1. The summed E-state index contributed by atoms with van der Waals surface area (Å²) in [7, 11) is 0. The fourth-order valence-corrected chi connectivity index (χ4v) is 9.95. The Morgan fingerprint density at radius 2 is 0.726 bits per heavy atom. The number of benzene rings is 9. The van der Waals surface area contributed by atoms with E-state index in [1.807, 2.05) is 12.1 Å².